The second-order valence-corrected chi connectivity index (χ2v) is 6.52. The predicted molar refractivity (Wildman–Crippen MR) is 82.6 cm³/mol. The topological polar surface area (TPSA) is 75.4 Å². The molecule has 2 rings (SSSR count). The largest absolute Gasteiger partial charge is 0.344 e. The van der Waals surface area contributed by atoms with Crippen molar-refractivity contribution in [1.82, 2.24) is 10.2 Å². The van der Waals surface area contributed by atoms with E-state index in [0.717, 1.165) is 58.0 Å². The first-order valence-electron chi connectivity index (χ1n) is 8.44. The maximum atomic E-state index is 12.4. The summed E-state index contributed by atoms with van der Waals surface area (Å²) in [6.45, 7) is 3.43. The second-order valence-electron chi connectivity index (χ2n) is 6.52. The highest BCUT2D eigenvalue weighted by Crippen LogP contribution is 2.22. The summed E-state index contributed by atoms with van der Waals surface area (Å²) in [7, 11) is 0. The number of rotatable bonds is 3. The first-order chi connectivity index (χ1) is 10.1. The molecule has 3 atom stereocenters. The molecule has 1 aliphatic heterocycles. The van der Waals surface area contributed by atoms with E-state index in [-0.39, 0.29) is 23.8 Å². The molecule has 5 nitrogen and oxygen atoms in total. The van der Waals surface area contributed by atoms with Gasteiger partial charge in [0.15, 0.2) is 0 Å². The quantitative estimate of drug-likeness (QED) is 0.773. The van der Waals surface area contributed by atoms with Gasteiger partial charge < -0.3 is 16.0 Å². The molecule has 1 saturated carbocycles. The van der Waals surface area contributed by atoms with Crippen LogP contribution in [0, 0.1) is 5.92 Å². The molecule has 120 valence electrons. The van der Waals surface area contributed by atoms with E-state index >= 15 is 0 Å². The van der Waals surface area contributed by atoms with Crippen molar-refractivity contribution < 1.29 is 9.59 Å². The van der Waals surface area contributed by atoms with Gasteiger partial charge in [-0.25, -0.2) is 0 Å². The molecule has 5 heteroatoms. The van der Waals surface area contributed by atoms with Crippen LogP contribution < -0.4 is 11.1 Å². The first-order valence-corrected chi connectivity index (χ1v) is 8.44. The maximum absolute atomic E-state index is 12.4. The van der Waals surface area contributed by atoms with Crippen LogP contribution >= 0.6 is 0 Å². The van der Waals surface area contributed by atoms with Crippen LogP contribution in [0.2, 0.25) is 0 Å². The normalized spacial score (nSPS) is 28.6. The van der Waals surface area contributed by atoms with Crippen LogP contribution in [0.1, 0.15) is 58.3 Å². The van der Waals surface area contributed by atoms with Gasteiger partial charge in [-0.05, 0) is 39.0 Å². The number of carbonyl (C=O) groups is 2. The van der Waals surface area contributed by atoms with Crippen LogP contribution in [0.3, 0.4) is 0 Å². The third kappa shape index (κ3) is 4.43. The van der Waals surface area contributed by atoms with Crippen molar-refractivity contribution in [3.63, 3.8) is 0 Å². The fourth-order valence-electron chi connectivity index (χ4n) is 3.43. The first kappa shape index (κ1) is 16.3. The zero-order valence-electron chi connectivity index (χ0n) is 13.1. The Balaban J connectivity index is 1.86. The van der Waals surface area contributed by atoms with Crippen molar-refractivity contribution in [3.8, 4) is 0 Å². The minimum atomic E-state index is -0.439. The van der Waals surface area contributed by atoms with Gasteiger partial charge >= 0.3 is 0 Å². The third-order valence-electron chi connectivity index (χ3n) is 4.80. The number of hydrogen-bond donors (Lipinski definition) is 2. The Bertz CT molecular complexity index is 367. The monoisotopic (exact) mass is 295 g/mol. The highest BCUT2D eigenvalue weighted by Gasteiger charge is 2.30. The molecular formula is C16H29N3O2. The van der Waals surface area contributed by atoms with Gasteiger partial charge in [0.05, 0.1) is 5.92 Å². The predicted octanol–water partition coefficient (Wildman–Crippen LogP) is 1.41. The molecule has 3 N–H and O–H groups in total. The number of nitrogens with two attached hydrogens (primary N) is 1. The Kier molecular flexibility index (Phi) is 6.03. The molecule has 2 fully saturated rings. The number of piperidine rings is 1. The molecule has 0 bridgehead atoms. The molecule has 0 aromatic rings. The summed E-state index contributed by atoms with van der Waals surface area (Å²) in [5.41, 5.74) is 6.12. The molecular weight excluding hydrogens is 266 g/mol. The summed E-state index contributed by atoms with van der Waals surface area (Å²) in [5.74, 6) is -0.128. The summed E-state index contributed by atoms with van der Waals surface area (Å²) in [4.78, 5) is 26.6. The lowest BCUT2D eigenvalue weighted by molar-refractivity contribution is -0.137. The van der Waals surface area contributed by atoms with E-state index in [1.807, 2.05) is 4.90 Å². The molecule has 0 radical (unpaired) electrons. The maximum Gasteiger partial charge on any atom is 0.244 e. The van der Waals surface area contributed by atoms with Crippen molar-refractivity contribution in [1.29, 1.82) is 0 Å². The number of nitrogens with one attached hydrogen (secondary N) is 1. The van der Waals surface area contributed by atoms with Crippen LogP contribution in [-0.2, 0) is 9.59 Å². The fraction of sp³-hybridized carbons (Fsp3) is 0.875. The number of likely N-dealkylation sites (tertiary alicyclic amines) is 1. The second kappa shape index (κ2) is 7.78. The molecule has 0 aromatic heterocycles. The average molecular weight is 295 g/mol. The summed E-state index contributed by atoms with van der Waals surface area (Å²) in [6, 6.07) is -0.504. The van der Waals surface area contributed by atoms with E-state index in [1.165, 1.54) is 6.42 Å². The molecule has 2 aliphatic rings. The minimum Gasteiger partial charge on any atom is -0.344 e. The van der Waals surface area contributed by atoms with E-state index in [4.69, 9.17) is 5.73 Å². The van der Waals surface area contributed by atoms with Gasteiger partial charge in [0.1, 0.15) is 6.04 Å². The molecule has 3 unspecified atom stereocenters. The van der Waals surface area contributed by atoms with E-state index in [9.17, 15) is 9.59 Å². The zero-order chi connectivity index (χ0) is 15.2. The number of nitrogens with zero attached hydrogens (tertiary/aromatic N) is 1. The van der Waals surface area contributed by atoms with Crippen molar-refractivity contribution in [2.45, 2.75) is 70.4 Å². The van der Waals surface area contributed by atoms with Gasteiger partial charge in [0.2, 0.25) is 11.8 Å². The minimum absolute atomic E-state index is 0.0396. The lowest BCUT2D eigenvalue weighted by Crippen LogP contribution is -2.51. The lowest BCUT2D eigenvalue weighted by atomic mass is 9.94. The average Bonchev–Trinajstić information content (AvgIpc) is 2.71. The Hall–Kier alpha value is -1.10. The van der Waals surface area contributed by atoms with Gasteiger partial charge in [0, 0.05) is 19.1 Å². The number of hydrogen-bond acceptors (Lipinski definition) is 3. The van der Waals surface area contributed by atoms with Crippen LogP contribution in [0.5, 0.6) is 0 Å². The zero-order valence-corrected chi connectivity index (χ0v) is 13.1. The summed E-state index contributed by atoms with van der Waals surface area (Å²) < 4.78 is 0. The van der Waals surface area contributed by atoms with Crippen LogP contribution in [0.25, 0.3) is 0 Å². The SMILES string of the molecule is CC(NC(=O)C1CCCCCC1N)C(=O)N1CCCCC1. The summed E-state index contributed by atoms with van der Waals surface area (Å²) in [6.07, 6.45) is 8.40. The van der Waals surface area contributed by atoms with Gasteiger partial charge in [-0.2, -0.15) is 0 Å². The molecule has 2 amide bonds. The third-order valence-corrected chi connectivity index (χ3v) is 4.80. The number of amides is 2. The van der Waals surface area contributed by atoms with E-state index < -0.39 is 6.04 Å². The van der Waals surface area contributed by atoms with Crippen molar-refractivity contribution in [3.05, 3.63) is 0 Å². The summed E-state index contributed by atoms with van der Waals surface area (Å²) >= 11 is 0. The van der Waals surface area contributed by atoms with Crippen molar-refractivity contribution >= 4 is 11.8 Å². The fourth-order valence-corrected chi connectivity index (χ4v) is 3.43. The van der Waals surface area contributed by atoms with Crippen LogP contribution in [0.15, 0.2) is 0 Å². The smallest absolute Gasteiger partial charge is 0.244 e. The molecule has 0 spiro atoms. The van der Waals surface area contributed by atoms with Gasteiger partial charge in [0.25, 0.3) is 0 Å². The van der Waals surface area contributed by atoms with Crippen molar-refractivity contribution in [2.24, 2.45) is 11.7 Å². The molecule has 21 heavy (non-hydrogen) atoms. The van der Waals surface area contributed by atoms with E-state index in [0.29, 0.717) is 0 Å². The highest BCUT2D eigenvalue weighted by atomic mass is 16.2. The Morgan fingerprint density at radius 2 is 1.67 bits per heavy atom. The molecule has 0 aromatic carbocycles. The number of carbonyl (C=O) groups excluding carboxylic acids is 2. The Labute approximate surface area is 127 Å². The van der Waals surface area contributed by atoms with Gasteiger partial charge in [-0.3, -0.25) is 9.59 Å². The van der Waals surface area contributed by atoms with Crippen molar-refractivity contribution in [2.75, 3.05) is 13.1 Å². The van der Waals surface area contributed by atoms with Gasteiger partial charge in [-0.1, -0.05) is 19.3 Å². The molecule has 1 saturated heterocycles. The van der Waals surface area contributed by atoms with E-state index in [1.54, 1.807) is 6.92 Å². The summed E-state index contributed by atoms with van der Waals surface area (Å²) in [5, 5.41) is 2.89. The van der Waals surface area contributed by atoms with Crippen LogP contribution in [0.4, 0.5) is 0 Å². The standard InChI is InChI=1S/C16H29N3O2/c1-12(16(21)19-10-6-3-7-11-19)18-15(20)13-8-4-2-5-9-14(13)17/h12-14H,2-11,17H2,1H3,(H,18,20). The lowest BCUT2D eigenvalue weighted by Gasteiger charge is -2.30. The van der Waals surface area contributed by atoms with Gasteiger partial charge in [-0.15, -0.1) is 0 Å². The van der Waals surface area contributed by atoms with E-state index in [2.05, 4.69) is 5.32 Å². The molecule has 1 aliphatic carbocycles. The Morgan fingerprint density at radius 3 is 2.38 bits per heavy atom. The molecule has 1 heterocycles. The highest BCUT2D eigenvalue weighted by molar-refractivity contribution is 5.88. The van der Waals surface area contributed by atoms with Crippen LogP contribution in [-0.4, -0.2) is 41.9 Å². The Morgan fingerprint density at radius 1 is 1.05 bits per heavy atom.